The topological polar surface area (TPSA) is 58.1 Å². The lowest BCUT2D eigenvalue weighted by atomic mass is 9.94. The maximum absolute atomic E-state index is 12.9. The predicted molar refractivity (Wildman–Crippen MR) is 110 cm³/mol. The van der Waals surface area contributed by atoms with E-state index in [1.807, 2.05) is 19.9 Å². The van der Waals surface area contributed by atoms with E-state index in [9.17, 15) is 4.79 Å². The number of piperidine rings is 1. The van der Waals surface area contributed by atoms with Gasteiger partial charge < -0.3 is 10.2 Å². The molecule has 1 aliphatic rings. The summed E-state index contributed by atoms with van der Waals surface area (Å²) >= 11 is 0. The highest BCUT2D eigenvalue weighted by atomic mass is 16.1. The largest absolute Gasteiger partial charge is 0.341 e. The van der Waals surface area contributed by atoms with Crippen molar-refractivity contribution in [2.75, 3.05) is 23.3 Å². The van der Waals surface area contributed by atoms with E-state index < -0.39 is 0 Å². The number of hydrogen-bond donors (Lipinski definition) is 1. The lowest BCUT2D eigenvalue weighted by molar-refractivity contribution is -0.120. The lowest BCUT2D eigenvalue weighted by Crippen LogP contribution is -2.39. The first-order chi connectivity index (χ1) is 12.8. The van der Waals surface area contributed by atoms with Crippen LogP contribution in [0, 0.1) is 26.7 Å². The second-order valence-electron chi connectivity index (χ2n) is 7.90. The Hall–Kier alpha value is -2.43. The molecular formula is C22H30N4O. The molecule has 0 spiro atoms. The molecule has 1 fully saturated rings. The molecule has 2 heterocycles. The number of aromatic nitrogens is 2. The zero-order valence-corrected chi connectivity index (χ0v) is 17.0. The molecule has 5 heteroatoms. The Bertz CT molecular complexity index is 803. The summed E-state index contributed by atoms with van der Waals surface area (Å²) in [5.74, 6) is 1.33. The van der Waals surface area contributed by atoms with Gasteiger partial charge in [0.05, 0.1) is 0 Å². The molecule has 0 bridgehead atoms. The number of carbonyl (C=O) groups is 1. The smallest absolute Gasteiger partial charge is 0.227 e. The Morgan fingerprint density at radius 1 is 1.11 bits per heavy atom. The fourth-order valence-corrected chi connectivity index (χ4v) is 3.76. The zero-order valence-electron chi connectivity index (χ0n) is 17.0. The molecule has 0 atom stereocenters. The van der Waals surface area contributed by atoms with Crippen molar-refractivity contribution in [3.63, 3.8) is 0 Å². The maximum Gasteiger partial charge on any atom is 0.227 e. The van der Waals surface area contributed by atoms with Crippen molar-refractivity contribution in [3.05, 3.63) is 46.8 Å². The number of nitrogens with zero attached hydrogens (tertiary/aromatic N) is 3. The second-order valence-corrected chi connectivity index (χ2v) is 7.90. The van der Waals surface area contributed by atoms with Crippen molar-refractivity contribution in [2.24, 2.45) is 5.92 Å². The number of hydrogen-bond acceptors (Lipinski definition) is 4. The van der Waals surface area contributed by atoms with E-state index in [2.05, 4.69) is 59.2 Å². The van der Waals surface area contributed by atoms with Gasteiger partial charge in [-0.05, 0) is 56.7 Å². The van der Waals surface area contributed by atoms with Crippen LogP contribution in [0.15, 0.2) is 24.3 Å². The van der Waals surface area contributed by atoms with E-state index in [0.717, 1.165) is 54.5 Å². The third kappa shape index (κ3) is 4.46. The molecule has 144 valence electrons. The number of nitrogens with one attached hydrogen (secondary N) is 1. The van der Waals surface area contributed by atoms with Gasteiger partial charge in [-0.25, -0.2) is 9.97 Å². The van der Waals surface area contributed by atoms with Gasteiger partial charge in [0.15, 0.2) is 0 Å². The summed E-state index contributed by atoms with van der Waals surface area (Å²) in [6.07, 6.45) is 1.65. The van der Waals surface area contributed by atoms with Gasteiger partial charge in [0, 0.05) is 36.1 Å². The number of anilines is 2. The van der Waals surface area contributed by atoms with Crippen LogP contribution in [0.5, 0.6) is 0 Å². The molecule has 3 rings (SSSR count). The standard InChI is InChI=1S/C22H30N4O/c1-14(2)19-8-6-7-15(3)20(19)25-21(27)18-9-11-26(12-10-18)22-23-16(4)13-17(5)24-22/h6-8,13-14,18H,9-12H2,1-5H3,(H,25,27). The van der Waals surface area contributed by atoms with Gasteiger partial charge in [0.1, 0.15) is 0 Å². The van der Waals surface area contributed by atoms with E-state index >= 15 is 0 Å². The average Bonchev–Trinajstić information content (AvgIpc) is 2.62. The Balaban J connectivity index is 1.66. The molecule has 5 nitrogen and oxygen atoms in total. The van der Waals surface area contributed by atoms with Crippen molar-refractivity contribution >= 4 is 17.5 Å². The monoisotopic (exact) mass is 366 g/mol. The van der Waals surface area contributed by atoms with E-state index in [0.29, 0.717) is 5.92 Å². The molecule has 2 aromatic rings. The van der Waals surface area contributed by atoms with Crippen LogP contribution in [-0.4, -0.2) is 29.0 Å². The van der Waals surface area contributed by atoms with Gasteiger partial charge in [0.2, 0.25) is 11.9 Å². The van der Waals surface area contributed by atoms with E-state index in [4.69, 9.17) is 0 Å². The third-order valence-electron chi connectivity index (χ3n) is 5.29. The van der Waals surface area contributed by atoms with E-state index in [1.54, 1.807) is 0 Å². The summed E-state index contributed by atoms with van der Waals surface area (Å²) in [4.78, 5) is 24.2. The highest BCUT2D eigenvalue weighted by molar-refractivity contribution is 5.94. The summed E-state index contributed by atoms with van der Waals surface area (Å²) in [5.41, 5.74) is 5.27. The number of para-hydroxylation sites is 1. The number of amides is 1. The molecule has 1 amide bonds. The summed E-state index contributed by atoms with van der Waals surface area (Å²) < 4.78 is 0. The van der Waals surface area contributed by atoms with Crippen LogP contribution in [0.25, 0.3) is 0 Å². The summed E-state index contributed by atoms with van der Waals surface area (Å²) in [5, 5.41) is 3.21. The van der Waals surface area contributed by atoms with Gasteiger partial charge in [0.25, 0.3) is 0 Å². The Labute approximate surface area is 162 Å². The van der Waals surface area contributed by atoms with Crippen LogP contribution in [0.3, 0.4) is 0 Å². The van der Waals surface area contributed by atoms with Crippen molar-refractivity contribution in [3.8, 4) is 0 Å². The van der Waals surface area contributed by atoms with Crippen molar-refractivity contribution in [1.82, 2.24) is 9.97 Å². The average molecular weight is 367 g/mol. The van der Waals surface area contributed by atoms with Gasteiger partial charge in [-0.1, -0.05) is 32.0 Å². The highest BCUT2D eigenvalue weighted by Gasteiger charge is 2.27. The van der Waals surface area contributed by atoms with Crippen molar-refractivity contribution in [2.45, 2.75) is 53.4 Å². The molecule has 0 aliphatic carbocycles. The molecule has 0 unspecified atom stereocenters. The Morgan fingerprint density at radius 2 is 1.74 bits per heavy atom. The first-order valence-electron chi connectivity index (χ1n) is 9.82. The van der Waals surface area contributed by atoms with Crippen LogP contribution >= 0.6 is 0 Å². The first-order valence-corrected chi connectivity index (χ1v) is 9.82. The van der Waals surface area contributed by atoms with Crippen LogP contribution in [0.2, 0.25) is 0 Å². The molecule has 1 aliphatic heterocycles. The minimum absolute atomic E-state index is 0.0341. The first kappa shape index (κ1) is 19.3. The number of aryl methyl sites for hydroxylation is 3. The normalized spacial score (nSPS) is 15.3. The fourth-order valence-electron chi connectivity index (χ4n) is 3.76. The van der Waals surface area contributed by atoms with Crippen molar-refractivity contribution in [1.29, 1.82) is 0 Å². The van der Waals surface area contributed by atoms with E-state index in [-0.39, 0.29) is 11.8 Å². The molecule has 1 N–H and O–H groups in total. The van der Waals surface area contributed by atoms with Crippen LogP contribution in [0.1, 0.15) is 55.1 Å². The molecule has 1 aromatic heterocycles. The van der Waals surface area contributed by atoms with Crippen LogP contribution < -0.4 is 10.2 Å². The molecule has 1 saturated heterocycles. The molecule has 27 heavy (non-hydrogen) atoms. The quantitative estimate of drug-likeness (QED) is 0.872. The summed E-state index contributed by atoms with van der Waals surface area (Å²) in [6, 6.07) is 8.20. The third-order valence-corrected chi connectivity index (χ3v) is 5.29. The van der Waals surface area contributed by atoms with Gasteiger partial charge in [-0.3, -0.25) is 4.79 Å². The molecule has 0 saturated carbocycles. The molecular weight excluding hydrogens is 336 g/mol. The van der Waals surface area contributed by atoms with Crippen LogP contribution in [0.4, 0.5) is 11.6 Å². The minimum Gasteiger partial charge on any atom is -0.341 e. The van der Waals surface area contributed by atoms with Gasteiger partial charge in [-0.2, -0.15) is 0 Å². The fraction of sp³-hybridized carbons (Fsp3) is 0.500. The number of rotatable bonds is 4. The Kier molecular flexibility index (Phi) is 5.78. The summed E-state index contributed by atoms with van der Waals surface area (Å²) in [7, 11) is 0. The van der Waals surface area contributed by atoms with Gasteiger partial charge in [-0.15, -0.1) is 0 Å². The predicted octanol–water partition coefficient (Wildman–Crippen LogP) is 4.38. The van der Waals surface area contributed by atoms with Crippen LogP contribution in [-0.2, 0) is 4.79 Å². The Morgan fingerprint density at radius 3 is 2.33 bits per heavy atom. The number of carbonyl (C=O) groups excluding carboxylic acids is 1. The number of benzene rings is 1. The lowest BCUT2D eigenvalue weighted by Gasteiger charge is -2.32. The van der Waals surface area contributed by atoms with Crippen molar-refractivity contribution < 1.29 is 4.79 Å². The zero-order chi connectivity index (χ0) is 19.6. The molecule has 1 aromatic carbocycles. The second kappa shape index (κ2) is 8.07. The SMILES string of the molecule is Cc1cc(C)nc(N2CCC(C(=O)Nc3c(C)cccc3C(C)C)CC2)n1. The van der Waals surface area contributed by atoms with Gasteiger partial charge >= 0.3 is 0 Å². The van der Waals surface area contributed by atoms with E-state index in [1.165, 1.54) is 5.56 Å². The minimum atomic E-state index is 0.0341. The maximum atomic E-state index is 12.9. The summed E-state index contributed by atoms with van der Waals surface area (Å²) in [6.45, 7) is 12.0. The molecule has 0 radical (unpaired) electrons. The highest BCUT2D eigenvalue weighted by Crippen LogP contribution is 2.29.